The van der Waals surface area contributed by atoms with Crippen molar-refractivity contribution < 1.29 is 0 Å². The van der Waals surface area contributed by atoms with E-state index in [4.69, 9.17) is 0 Å². The molecule has 2 aliphatic rings. The van der Waals surface area contributed by atoms with Crippen LogP contribution >= 0.6 is 0 Å². The molecule has 0 heteroatoms. The minimum atomic E-state index is 0.884. The highest BCUT2D eigenvalue weighted by Gasteiger charge is 2.16. The van der Waals surface area contributed by atoms with Gasteiger partial charge in [0.1, 0.15) is 0 Å². The molecule has 2 atom stereocenters. The first-order valence-electron chi connectivity index (χ1n) is 5.77. The summed E-state index contributed by atoms with van der Waals surface area (Å²) in [4.78, 5) is 0. The molecule has 0 aromatic rings. The Labute approximate surface area is 81.7 Å². The maximum atomic E-state index is 2.48. The van der Waals surface area contributed by atoms with Gasteiger partial charge in [-0.05, 0) is 56.8 Å². The Morgan fingerprint density at radius 2 is 1.92 bits per heavy atom. The van der Waals surface area contributed by atoms with Gasteiger partial charge in [-0.25, -0.2) is 0 Å². The van der Waals surface area contributed by atoms with E-state index >= 15 is 0 Å². The van der Waals surface area contributed by atoms with Crippen LogP contribution in [0.3, 0.4) is 0 Å². The molecule has 0 fully saturated rings. The first-order valence-corrected chi connectivity index (χ1v) is 5.77. The molecule has 0 spiro atoms. The number of rotatable bonds is 0. The second-order valence-corrected chi connectivity index (χ2v) is 4.51. The van der Waals surface area contributed by atoms with Gasteiger partial charge in [0.2, 0.25) is 0 Å². The SMILES string of the molecule is C1=CCC2CCC/C=C/C(CC1)C2. The van der Waals surface area contributed by atoms with Crippen molar-refractivity contribution in [3.8, 4) is 0 Å². The summed E-state index contributed by atoms with van der Waals surface area (Å²) in [6.45, 7) is 0. The van der Waals surface area contributed by atoms with Gasteiger partial charge in [0.25, 0.3) is 0 Å². The quantitative estimate of drug-likeness (QED) is 0.488. The lowest BCUT2D eigenvalue weighted by atomic mass is 9.82. The van der Waals surface area contributed by atoms with Gasteiger partial charge in [0.05, 0.1) is 0 Å². The van der Waals surface area contributed by atoms with E-state index in [1.807, 2.05) is 0 Å². The third-order valence-electron chi connectivity index (χ3n) is 3.37. The third-order valence-corrected chi connectivity index (χ3v) is 3.37. The lowest BCUT2D eigenvalue weighted by molar-refractivity contribution is 0.362. The van der Waals surface area contributed by atoms with Crippen LogP contribution in [0.4, 0.5) is 0 Å². The van der Waals surface area contributed by atoms with E-state index in [9.17, 15) is 0 Å². The monoisotopic (exact) mass is 176 g/mol. The zero-order valence-electron chi connectivity index (χ0n) is 8.41. The maximum Gasteiger partial charge on any atom is -0.0228 e. The summed E-state index contributed by atoms with van der Waals surface area (Å²) in [5.41, 5.74) is 0. The topological polar surface area (TPSA) is 0 Å². The molecule has 0 saturated heterocycles. The molecule has 13 heavy (non-hydrogen) atoms. The van der Waals surface area contributed by atoms with Crippen molar-refractivity contribution in [2.45, 2.75) is 44.9 Å². The van der Waals surface area contributed by atoms with Crippen LogP contribution in [0.2, 0.25) is 0 Å². The number of fused-ring (bicyclic) bond motifs is 2. The molecular formula is C13H20. The lowest BCUT2D eigenvalue weighted by Crippen LogP contribution is -2.10. The predicted octanol–water partition coefficient (Wildman–Crippen LogP) is 4.09. The summed E-state index contributed by atoms with van der Waals surface area (Å²) < 4.78 is 0. The van der Waals surface area contributed by atoms with Crippen molar-refractivity contribution in [3.05, 3.63) is 24.3 Å². The van der Waals surface area contributed by atoms with Crippen molar-refractivity contribution >= 4 is 0 Å². The van der Waals surface area contributed by atoms with Gasteiger partial charge >= 0.3 is 0 Å². The first kappa shape index (κ1) is 9.05. The van der Waals surface area contributed by atoms with Gasteiger partial charge < -0.3 is 0 Å². The summed E-state index contributed by atoms with van der Waals surface area (Å²) in [5.74, 6) is 1.86. The molecule has 2 bridgehead atoms. The largest absolute Gasteiger partial charge is 0.0885 e. The molecule has 0 aromatic heterocycles. The standard InChI is InChI=1S/C13H20/c1-3-7-12-9-5-2-6-10-13(11-12)8-4-1/h1,3,6,10,12-13H,2,4-5,7-9,11H2/b3-1?,10-6+. The minimum Gasteiger partial charge on any atom is -0.0885 e. The third kappa shape index (κ3) is 2.72. The second kappa shape index (κ2) is 4.64. The smallest absolute Gasteiger partial charge is 0.0228 e. The summed E-state index contributed by atoms with van der Waals surface area (Å²) in [7, 11) is 0. The van der Waals surface area contributed by atoms with E-state index < -0.39 is 0 Å². The molecule has 0 heterocycles. The Bertz CT molecular complexity index is 200. The fourth-order valence-electron chi connectivity index (χ4n) is 2.58. The summed E-state index contributed by atoms with van der Waals surface area (Å²) in [6, 6.07) is 0. The Balaban J connectivity index is 2.04. The van der Waals surface area contributed by atoms with Crippen LogP contribution in [0, 0.1) is 11.8 Å². The Hall–Kier alpha value is -0.520. The fraction of sp³-hybridized carbons (Fsp3) is 0.692. The van der Waals surface area contributed by atoms with Gasteiger partial charge in [-0.3, -0.25) is 0 Å². The highest BCUT2D eigenvalue weighted by Crippen LogP contribution is 2.30. The molecule has 0 saturated carbocycles. The molecule has 0 N–H and O–H groups in total. The van der Waals surface area contributed by atoms with E-state index in [1.165, 1.54) is 44.9 Å². The Kier molecular flexibility index (Phi) is 3.23. The number of hydrogen-bond acceptors (Lipinski definition) is 0. The van der Waals surface area contributed by atoms with Crippen LogP contribution in [0.25, 0.3) is 0 Å². The molecule has 2 aliphatic carbocycles. The maximum absolute atomic E-state index is 2.48. The predicted molar refractivity (Wildman–Crippen MR) is 57.6 cm³/mol. The number of hydrogen-bond donors (Lipinski definition) is 0. The van der Waals surface area contributed by atoms with Gasteiger partial charge in [-0.15, -0.1) is 0 Å². The van der Waals surface area contributed by atoms with Crippen LogP contribution in [0.5, 0.6) is 0 Å². The van der Waals surface area contributed by atoms with Crippen molar-refractivity contribution in [1.82, 2.24) is 0 Å². The number of allylic oxidation sites excluding steroid dienone is 4. The molecule has 2 unspecified atom stereocenters. The van der Waals surface area contributed by atoms with Crippen LogP contribution in [0.15, 0.2) is 24.3 Å². The van der Waals surface area contributed by atoms with Crippen LogP contribution < -0.4 is 0 Å². The fourth-order valence-corrected chi connectivity index (χ4v) is 2.58. The molecule has 72 valence electrons. The highest BCUT2D eigenvalue weighted by atomic mass is 14.2. The zero-order chi connectivity index (χ0) is 8.93. The van der Waals surface area contributed by atoms with Crippen LogP contribution in [-0.2, 0) is 0 Å². The van der Waals surface area contributed by atoms with E-state index in [1.54, 1.807) is 0 Å². The van der Waals surface area contributed by atoms with E-state index in [2.05, 4.69) is 24.3 Å². The van der Waals surface area contributed by atoms with Gasteiger partial charge in [0, 0.05) is 0 Å². The lowest BCUT2D eigenvalue weighted by Gasteiger charge is -2.23. The molecule has 0 aromatic carbocycles. The average molecular weight is 176 g/mol. The molecule has 0 radical (unpaired) electrons. The van der Waals surface area contributed by atoms with E-state index in [-0.39, 0.29) is 0 Å². The normalized spacial score (nSPS) is 36.9. The molecule has 0 aliphatic heterocycles. The molecule has 0 nitrogen and oxygen atoms in total. The van der Waals surface area contributed by atoms with Crippen molar-refractivity contribution in [2.75, 3.05) is 0 Å². The van der Waals surface area contributed by atoms with Gasteiger partial charge in [0.15, 0.2) is 0 Å². The van der Waals surface area contributed by atoms with Crippen molar-refractivity contribution in [1.29, 1.82) is 0 Å². The molecule has 0 amide bonds. The van der Waals surface area contributed by atoms with E-state index in [0.717, 1.165) is 11.8 Å². The zero-order valence-corrected chi connectivity index (χ0v) is 8.41. The first-order chi connectivity index (χ1) is 6.45. The molecule has 2 rings (SSSR count). The van der Waals surface area contributed by atoms with Crippen molar-refractivity contribution in [2.24, 2.45) is 11.8 Å². The summed E-state index contributed by atoms with van der Waals surface area (Å²) >= 11 is 0. The average Bonchev–Trinajstić information content (AvgIpc) is 2.00. The Morgan fingerprint density at radius 3 is 2.92 bits per heavy atom. The van der Waals surface area contributed by atoms with Crippen LogP contribution in [-0.4, -0.2) is 0 Å². The summed E-state index contributed by atoms with van der Waals surface area (Å²) in [6.07, 6.45) is 19.3. The van der Waals surface area contributed by atoms with Crippen LogP contribution in [0.1, 0.15) is 44.9 Å². The van der Waals surface area contributed by atoms with Gasteiger partial charge in [-0.1, -0.05) is 24.3 Å². The highest BCUT2D eigenvalue weighted by molar-refractivity contribution is 4.96. The van der Waals surface area contributed by atoms with Gasteiger partial charge in [-0.2, -0.15) is 0 Å². The Morgan fingerprint density at radius 1 is 0.923 bits per heavy atom. The minimum absolute atomic E-state index is 0.884. The molecular weight excluding hydrogens is 156 g/mol. The summed E-state index contributed by atoms with van der Waals surface area (Å²) in [5, 5.41) is 0. The van der Waals surface area contributed by atoms with E-state index in [0.29, 0.717) is 0 Å². The second-order valence-electron chi connectivity index (χ2n) is 4.51. The van der Waals surface area contributed by atoms with Crippen molar-refractivity contribution in [3.63, 3.8) is 0 Å².